The van der Waals surface area contributed by atoms with Crippen LogP contribution in [0.15, 0.2) is 46.9 Å². The molecule has 1 saturated carbocycles. The molecule has 1 aromatic carbocycles. The first-order valence-corrected chi connectivity index (χ1v) is 6.83. The average molecular weight is 257 g/mol. The van der Waals surface area contributed by atoms with E-state index in [1.165, 1.54) is 18.4 Å². The molecule has 0 spiro atoms. The van der Waals surface area contributed by atoms with Gasteiger partial charge in [0.25, 0.3) is 0 Å². The van der Waals surface area contributed by atoms with Crippen LogP contribution in [0.2, 0.25) is 0 Å². The largest absolute Gasteiger partial charge is 0.462 e. The molecule has 0 aliphatic heterocycles. The monoisotopic (exact) mass is 257 g/mol. The molecule has 2 aromatic rings. The Balaban J connectivity index is 1.42. The van der Waals surface area contributed by atoms with Gasteiger partial charge in [-0.25, -0.2) is 0 Å². The minimum Gasteiger partial charge on any atom is -0.462 e. The topological polar surface area (TPSA) is 34.4 Å². The maximum absolute atomic E-state index is 5.71. The van der Waals surface area contributed by atoms with Crippen molar-refractivity contribution < 1.29 is 9.15 Å². The first-order valence-electron chi connectivity index (χ1n) is 6.83. The minimum atomic E-state index is 0.526. The molecule has 1 aliphatic carbocycles. The normalized spacial score (nSPS) is 14.7. The summed E-state index contributed by atoms with van der Waals surface area (Å²) in [5.41, 5.74) is 1.18. The van der Waals surface area contributed by atoms with Crippen LogP contribution in [0.1, 0.15) is 29.9 Å². The lowest BCUT2D eigenvalue weighted by atomic mass is 10.2. The van der Waals surface area contributed by atoms with E-state index < -0.39 is 0 Å². The Kier molecular flexibility index (Phi) is 3.96. The van der Waals surface area contributed by atoms with Gasteiger partial charge in [-0.2, -0.15) is 0 Å². The third-order valence-electron chi connectivity index (χ3n) is 3.22. The van der Waals surface area contributed by atoms with Crippen LogP contribution in [0.3, 0.4) is 0 Å². The van der Waals surface area contributed by atoms with Crippen LogP contribution >= 0.6 is 0 Å². The van der Waals surface area contributed by atoms with Crippen molar-refractivity contribution in [3.05, 3.63) is 59.5 Å². The Morgan fingerprint density at radius 3 is 2.58 bits per heavy atom. The third-order valence-corrected chi connectivity index (χ3v) is 3.22. The SMILES string of the molecule is c1ccc(COCc2ccc(CNC3CC3)o2)cc1. The molecule has 1 aliphatic rings. The summed E-state index contributed by atoms with van der Waals surface area (Å²) in [5, 5.41) is 3.43. The standard InChI is InChI=1S/C16H19NO2/c1-2-4-13(5-3-1)11-18-12-16-9-8-15(19-16)10-17-14-6-7-14/h1-5,8-9,14,17H,6-7,10-12H2. The first kappa shape index (κ1) is 12.5. The zero-order valence-electron chi connectivity index (χ0n) is 11.0. The second kappa shape index (κ2) is 6.04. The van der Waals surface area contributed by atoms with Gasteiger partial charge < -0.3 is 14.5 Å². The highest BCUT2D eigenvalue weighted by Crippen LogP contribution is 2.19. The molecule has 0 atom stereocenters. The van der Waals surface area contributed by atoms with Crippen molar-refractivity contribution in [2.45, 2.75) is 38.6 Å². The van der Waals surface area contributed by atoms with Crippen LogP contribution in [0.5, 0.6) is 0 Å². The number of hydrogen-bond donors (Lipinski definition) is 1. The van der Waals surface area contributed by atoms with E-state index in [2.05, 4.69) is 17.4 Å². The van der Waals surface area contributed by atoms with Gasteiger partial charge in [0.05, 0.1) is 13.2 Å². The fourth-order valence-electron chi connectivity index (χ4n) is 1.97. The molecule has 0 unspecified atom stereocenters. The maximum atomic E-state index is 5.71. The Bertz CT molecular complexity index is 502. The summed E-state index contributed by atoms with van der Waals surface area (Å²) in [6.45, 7) is 1.97. The van der Waals surface area contributed by atoms with Crippen LogP contribution < -0.4 is 5.32 Å². The molecule has 3 nitrogen and oxygen atoms in total. The molecule has 0 bridgehead atoms. The van der Waals surface area contributed by atoms with Crippen molar-refractivity contribution >= 4 is 0 Å². The van der Waals surface area contributed by atoms with E-state index in [0.29, 0.717) is 19.3 Å². The summed E-state index contributed by atoms with van der Waals surface area (Å²) in [5.74, 6) is 1.88. The molecule has 3 heteroatoms. The molecule has 100 valence electrons. The first-order chi connectivity index (χ1) is 9.40. The Morgan fingerprint density at radius 2 is 1.79 bits per heavy atom. The molecule has 1 fully saturated rings. The van der Waals surface area contributed by atoms with Crippen molar-refractivity contribution in [3.63, 3.8) is 0 Å². The van der Waals surface area contributed by atoms with E-state index >= 15 is 0 Å². The number of furan rings is 1. The minimum absolute atomic E-state index is 0.526. The highest BCUT2D eigenvalue weighted by atomic mass is 16.5. The van der Waals surface area contributed by atoms with Gasteiger partial charge in [0.15, 0.2) is 0 Å². The molecule has 19 heavy (non-hydrogen) atoms. The van der Waals surface area contributed by atoms with E-state index in [9.17, 15) is 0 Å². The van der Waals surface area contributed by atoms with E-state index in [1.807, 2.05) is 30.3 Å². The van der Waals surface area contributed by atoms with Crippen LogP contribution in [-0.4, -0.2) is 6.04 Å². The fraction of sp³-hybridized carbons (Fsp3) is 0.375. The van der Waals surface area contributed by atoms with E-state index in [1.54, 1.807) is 0 Å². The lowest BCUT2D eigenvalue weighted by Gasteiger charge is -2.02. The van der Waals surface area contributed by atoms with Gasteiger partial charge in [-0.05, 0) is 30.5 Å². The van der Waals surface area contributed by atoms with Crippen molar-refractivity contribution in [1.82, 2.24) is 5.32 Å². The summed E-state index contributed by atoms with van der Waals surface area (Å²) in [4.78, 5) is 0. The third kappa shape index (κ3) is 3.94. The van der Waals surface area contributed by atoms with Crippen LogP contribution in [0.25, 0.3) is 0 Å². The summed E-state index contributed by atoms with van der Waals surface area (Å²) >= 11 is 0. The number of rotatable bonds is 7. The summed E-state index contributed by atoms with van der Waals surface area (Å²) in [6, 6.07) is 14.9. The highest BCUT2D eigenvalue weighted by Gasteiger charge is 2.20. The molecule has 0 radical (unpaired) electrons. The lowest BCUT2D eigenvalue weighted by molar-refractivity contribution is 0.0920. The quantitative estimate of drug-likeness (QED) is 0.826. The van der Waals surface area contributed by atoms with Crippen LogP contribution in [0, 0.1) is 0 Å². The van der Waals surface area contributed by atoms with Gasteiger partial charge in [0.2, 0.25) is 0 Å². The van der Waals surface area contributed by atoms with E-state index in [-0.39, 0.29) is 0 Å². The van der Waals surface area contributed by atoms with Gasteiger partial charge in [-0.15, -0.1) is 0 Å². The molecule has 1 aromatic heterocycles. The smallest absolute Gasteiger partial charge is 0.129 e. The zero-order valence-corrected chi connectivity index (χ0v) is 11.0. The second-order valence-electron chi connectivity index (χ2n) is 5.00. The molecular formula is C16H19NO2. The molecular weight excluding hydrogens is 238 g/mol. The Morgan fingerprint density at radius 1 is 1.00 bits per heavy atom. The zero-order chi connectivity index (χ0) is 12.9. The fourth-order valence-corrected chi connectivity index (χ4v) is 1.97. The Labute approximate surface area is 113 Å². The molecule has 0 saturated heterocycles. The highest BCUT2D eigenvalue weighted by molar-refractivity contribution is 5.13. The van der Waals surface area contributed by atoms with Crippen molar-refractivity contribution in [1.29, 1.82) is 0 Å². The van der Waals surface area contributed by atoms with E-state index in [0.717, 1.165) is 18.1 Å². The summed E-state index contributed by atoms with van der Waals surface area (Å²) in [6.07, 6.45) is 2.60. The molecule has 1 heterocycles. The Hall–Kier alpha value is -1.58. The van der Waals surface area contributed by atoms with Crippen LogP contribution in [0.4, 0.5) is 0 Å². The molecule has 3 rings (SSSR count). The lowest BCUT2D eigenvalue weighted by Crippen LogP contribution is -2.14. The predicted molar refractivity (Wildman–Crippen MR) is 73.5 cm³/mol. The second-order valence-corrected chi connectivity index (χ2v) is 5.00. The van der Waals surface area contributed by atoms with Gasteiger partial charge in [0, 0.05) is 6.04 Å². The van der Waals surface area contributed by atoms with Gasteiger partial charge in [-0.3, -0.25) is 0 Å². The van der Waals surface area contributed by atoms with Crippen molar-refractivity contribution in [3.8, 4) is 0 Å². The number of nitrogens with one attached hydrogen (secondary N) is 1. The van der Waals surface area contributed by atoms with Crippen molar-refractivity contribution in [2.75, 3.05) is 0 Å². The number of hydrogen-bond acceptors (Lipinski definition) is 3. The molecule has 0 amide bonds. The van der Waals surface area contributed by atoms with E-state index in [4.69, 9.17) is 9.15 Å². The van der Waals surface area contributed by atoms with Crippen LogP contribution in [-0.2, 0) is 24.5 Å². The maximum Gasteiger partial charge on any atom is 0.129 e. The van der Waals surface area contributed by atoms with Gasteiger partial charge in [-0.1, -0.05) is 30.3 Å². The van der Waals surface area contributed by atoms with Crippen molar-refractivity contribution in [2.24, 2.45) is 0 Å². The number of ether oxygens (including phenoxy) is 1. The van der Waals surface area contributed by atoms with Gasteiger partial charge in [0.1, 0.15) is 18.1 Å². The number of benzene rings is 1. The van der Waals surface area contributed by atoms with Gasteiger partial charge >= 0.3 is 0 Å². The molecule has 1 N–H and O–H groups in total. The summed E-state index contributed by atoms with van der Waals surface area (Å²) in [7, 11) is 0. The summed E-state index contributed by atoms with van der Waals surface area (Å²) < 4.78 is 11.4. The average Bonchev–Trinajstić information content (AvgIpc) is 3.17. The predicted octanol–water partition coefficient (Wildman–Crippen LogP) is 3.25.